The van der Waals surface area contributed by atoms with Crippen molar-refractivity contribution in [3.05, 3.63) is 57.3 Å². The van der Waals surface area contributed by atoms with Gasteiger partial charge in [0.25, 0.3) is 0 Å². The van der Waals surface area contributed by atoms with Crippen molar-refractivity contribution in [1.29, 1.82) is 0 Å². The largest absolute Gasteiger partial charge is 0.465 e. The van der Waals surface area contributed by atoms with E-state index in [1.807, 2.05) is 5.32 Å². The van der Waals surface area contributed by atoms with Crippen LogP contribution in [0.4, 0.5) is 19.3 Å². The van der Waals surface area contributed by atoms with Crippen molar-refractivity contribution < 1.29 is 23.5 Å². The van der Waals surface area contributed by atoms with E-state index in [1.54, 1.807) is 0 Å². The molecule has 2 rings (SSSR count). The Labute approximate surface area is 132 Å². The van der Waals surface area contributed by atoms with E-state index in [1.165, 1.54) is 0 Å². The van der Waals surface area contributed by atoms with Gasteiger partial charge in [-0.25, -0.2) is 18.6 Å². The van der Waals surface area contributed by atoms with Gasteiger partial charge in [-0.1, -0.05) is 29.3 Å². The molecule has 0 fully saturated rings. The molecule has 0 saturated heterocycles. The van der Waals surface area contributed by atoms with E-state index in [4.69, 9.17) is 28.3 Å². The van der Waals surface area contributed by atoms with Crippen molar-refractivity contribution in [2.75, 3.05) is 5.32 Å². The average Bonchev–Trinajstić information content (AvgIpc) is 2.42. The number of carbonyl (C=O) groups excluding carboxylic acids is 1. The van der Waals surface area contributed by atoms with Crippen molar-refractivity contribution >= 4 is 40.8 Å². The molecule has 2 aromatic rings. The summed E-state index contributed by atoms with van der Waals surface area (Å²) in [6.45, 7) is 0. The molecule has 1 amide bonds. The number of hydrogen-bond donors (Lipinski definition) is 2. The molecular formula is C13H6Cl2F2N2O3. The van der Waals surface area contributed by atoms with E-state index in [-0.39, 0.29) is 10.8 Å². The molecule has 0 aliphatic heterocycles. The highest BCUT2D eigenvalue weighted by Crippen LogP contribution is 2.32. The molecule has 9 heteroatoms. The number of halogens is 4. The molecule has 1 heterocycles. The van der Waals surface area contributed by atoms with E-state index in [0.717, 1.165) is 24.4 Å². The van der Waals surface area contributed by atoms with Gasteiger partial charge in [-0.05, 0) is 12.1 Å². The smallest absolute Gasteiger partial charge is 0.409 e. The highest BCUT2D eigenvalue weighted by atomic mass is 35.5. The first-order chi connectivity index (χ1) is 10.3. The van der Waals surface area contributed by atoms with Crippen molar-refractivity contribution in [2.45, 2.75) is 0 Å². The molecule has 0 bridgehead atoms. The van der Waals surface area contributed by atoms with Crippen molar-refractivity contribution in [3.8, 4) is 0 Å². The molecule has 114 valence electrons. The van der Waals surface area contributed by atoms with E-state index in [2.05, 4.69) is 4.98 Å². The van der Waals surface area contributed by atoms with Crippen LogP contribution < -0.4 is 5.32 Å². The number of carboxylic acid groups (broad SMARTS) is 1. The maximum atomic E-state index is 13.7. The second-order valence-corrected chi connectivity index (χ2v) is 4.74. The molecule has 22 heavy (non-hydrogen) atoms. The van der Waals surface area contributed by atoms with Crippen molar-refractivity contribution in [2.24, 2.45) is 0 Å². The van der Waals surface area contributed by atoms with Gasteiger partial charge >= 0.3 is 6.09 Å². The fourth-order valence-corrected chi connectivity index (χ4v) is 2.12. The van der Waals surface area contributed by atoms with Gasteiger partial charge in [0.15, 0.2) is 0 Å². The summed E-state index contributed by atoms with van der Waals surface area (Å²) >= 11 is 11.5. The van der Waals surface area contributed by atoms with Crippen LogP contribution in [0.3, 0.4) is 0 Å². The van der Waals surface area contributed by atoms with Crippen LogP contribution in [0.2, 0.25) is 10.2 Å². The summed E-state index contributed by atoms with van der Waals surface area (Å²) in [5, 5.41) is 9.89. The number of amides is 1. The van der Waals surface area contributed by atoms with Gasteiger partial charge in [0.05, 0.1) is 28.0 Å². The third kappa shape index (κ3) is 3.00. The summed E-state index contributed by atoms with van der Waals surface area (Å²) < 4.78 is 27.4. The summed E-state index contributed by atoms with van der Waals surface area (Å²) in [4.78, 5) is 26.7. The molecule has 2 N–H and O–H groups in total. The minimum atomic E-state index is -1.51. The first kappa shape index (κ1) is 16.1. The van der Waals surface area contributed by atoms with Gasteiger partial charge < -0.3 is 5.11 Å². The van der Waals surface area contributed by atoms with Crippen LogP contribution in [0.5, 0.6) is 0 Å². The van der Waals surface area contributed by atoms with Gasteiger partial charge in [0.1, 0.15) is 16.8 Å². The summed E-state index contributed by atoms with van der Waals surface area (Å²) in [5.74, 6) is -3.39. The summed E-state index contributed by atoms with van der Waals surface area (Å²) in [6, 6.07) is 2.85. The first-order valence-corrected chi connectivity index (χ1v) is 6.41. The molecule has 5 nitrogen and oxygen atoms in total. The Hall–Kier alpha value is -2.25. The molecule has 0 unspecified atom stereocenters. The second kappa shape index (κ2) is 6.25. The first-order valence-electron chi connectivity index (χ1n) is 5.65. The molecule has 0 aliphatic rings. The highest BCUT2D eigenvalue weighted by Gasteiger charge is 2.26. The number of benzene rings is 1. The van der Waals surface area contributed by atoms with Crippen LogP contribution >= 0.6 is 23.2 Å². The van der Waals surface area contributed by atoms with Crippen LogP contribution in [0.1, 0.15) is 15.9 Å². The maximum absolute atomic E-state index is 13.7. The van der Waals surface area contributed by atoms with Crippen LogP contribution in [-0.2, 0) is 0 Å². The molecule has 1 aromatic heterocycles. The molecule has 1 aromatic carbocycles. The predicted octanol–water partition coefficient (Wildman–Crippen LogP) is 3.99. The number of anilines is 1. The Morgan fingerprint density at radius 3 is 2.27 bits per heavy atom. The Morgan fingerprint density at radius 1 is 1.14 bits per heavy atom. The molecule has 0 atom stereocenters. The number of rotatable bonds is 3. The Balaban J connectivity index is 2.67. The van der Waals surface area contributed by atoms with E-state index >= 15 is 0 Å². The van der Waals surface area contributed by atoms with E-state index in [9.17, 15) is 18.4 Å². The molecule has 0 spiro atoms. The predicted molar refractivity (Wildman–Crippen MR) is 75.7 cm³/mol. The van der Waals surface area contributed by atoms with Crippen LogP contribution in [0.15, 0.2) is 24.4 Å². The lowest BCUT2D eigenvalue weighted by molar-refractivity contribution is 0.103. The van der Waals surface area contributed by atoms with Crippen molar-refractivity contribution in [1.82, 2.24) is 4.98 Å². The maximum Gasteiger partial charge on any atom is 0.409 e. The number of hydrogen-bond acceptors (Lipinski definition) is 3. The monoisotopic (exact) mass is 346 g/mol. The van der Waals surface area contributed by atoms with Gasteiger partial charge in [-0.15, -0.1) is 0 Å². The zero-order valence-corrected chi connectivity index (χ0v) is 12.0. The second-order valence-electron chi connectivity index (χ2n) is 4.01. The number of nitrogens with zero attached hydrogens (tertiary/aromatic N) is 1. The van der Waals surface area contributed by atoms with Crippen LogP contribution in [0.25, 0.3) is 0 Å². The SMILES string of the molecule is O=C(O)Nc1cnc(Cl)c(Cl)c1C(=O)c1c(F)cccc1F. The standard InChI is InChI=1S/C13H6Cl2F2N2O3/c14-10-9(7(19-13(21)22)4-18-12(10)15)11(20)8-5(16)2-1-3-6(8)17/h1-4,19H,(H,21,22). The lowest BCUT2D eigenvalue weighted by atomic mass is 10.0. The van der Waals surface area contributed by atoms with Crippen LogP contribution in [-0.4, -0.2) is 22.0 Å². The van der Waals surface area contributed by atoms with Gasteiger partial charge in [0.2, 0.25) is 5.78 Å². The van der Waals surface area contributed by atoms with E-state index in [0.29, 0.717) is 0 Å². The molecule has 0 radical (unpaired) electrons. The molecule has 0 saturated carbocycles. The fraction of sp³-hybridized carbons (Fsp3) is 0. The summed E-state index contributed by atoms with van der Waals surface area (Å²) in [6.07, 6.45) is -0.586. The van der Waals surface area contributed by atoms with Gasteiger partial charge in [-0.3, -0.25) is 10.1 Å². The average molecular weight is 347 g/mol. The summed E-state index contributed by atoms with van der Waals surface area (Å²) in [7, 11) is 0. The third-order valence-corrected chi connectivity index (χ3v) is 3.39. The number of aromatic nitrogens is 1. The summed E-state index contributed by atoms with van der Waals surface area (Å²) in [5.41, 5.74) is -1.71. The minimum absolute atomic E-state index is 0.308. The van der Waals surface area contributed by atoms with Crippen molar-refractivity contribution in [3.63, 3.8) is 0 Å². The minimum Gasteiger partial charge on any atom is -0.465 e. The normalized spacial score (nSPS) is 10.4. The zero-order chi connectivity index (χ0) is 16.4. The lowest BCUT2D eigenvalue weighted by Gasteiger charge is -2.11. The zero-order valence-electron chi connectivity index (χ0n) is 10.5. The third-order valence-electron chi connectivity index (χ3n) is 2.64. The lowest BCUT2D eigenvalue weighted by Crippen LogP contribution is -2.15. The van der Waals surface area contributed by atoms with E-state index < -0.39 is 39.7 Å². The molecular weight excluding hydrogens is 341 g/mol. The number of ketones is 1. The van der Waals surface area contributed by atoms with Gasteiger partial charge in [0, 0.05) is 0 Å². The fourth-order valence-electron chi connectivity index (χ4n) is 1.74. The van der Waals surface area contributed by atoms with Gasteiger partial charge in [-0.2, -0.15) is 0 Å². The Morgan fingerprint density at radius 2 is 1.73 bits per heavy atom. The van der Waals surface area contributed by atoms with Crippen LogP contribution in [0, 0.1) is 11.6 Å². The number of pyridine rings is 1. The Bertz CT molecular complexity index is 764. The molecule has 0 aliphatic carbocycles. The highest BCUT2D eigenvalue weighted by molar-refractivity contribution is 6.44. The quantitative estimate of drug-likeness (QED) is 0.650. The topological polar surface area (TPSA) is 79.3 Å². The Kier molecular flexibility index (Phi) is 4.58. The number of carbonyl (C=O) groups is 2. The number of nitrogens with one attached hydrogen (secondary N) is 1.